The Morgan fingerprint density at radius 2 is 1.70 bits per heavy atom. The predicted molar refractivity (Wildman–Crippen MR) is 148 cm³/mol. The first-order valence-corrected chi connectivity index (χ1v) is 14.2. The second-order valence-electron chi connectivity index (χ2n) is 11.1. The fraction of sp³-hybridized carbons (Fsp3) is 0.393. The topological polar surface area (TPSA) is 111 Å². The Labute approximate surface area is 257 Å². The molecule has 1 aromatic heterocycles. The smallest absolute Gasteiger partial charge is 0.433 e. The van der Waals surface area contributed by atoms with Gasteiger partial charge in [0.25, 0.3) is 23.6 Å². The highest BCUT2D eigenvalue weighted by molar-refractivity contribution is 6.53. The molecule has 6 rings (SSSR count). The molecule has 226 valence electrons. The number of phenols is 1. The van der Waals surface area contributed by atoms with Crippen LogP contribution < -0.4 is 5.01 Å². The van der Waals surface area contributed by atoms with Crippen LogP contribution in [0.3, 0.4) is 0 Å². The van der Waals surface area contributed by atoms with Crippen LogP contribution in [0.25, 0.3) is 0 Å². The lowest BCUT2D eigenvalue weighted by Gasteiger charge is -2.50. The molecule has 2 aromatic rings. The average molecular weight is 658 g/mol. The van der Waals surface area contributed by atoms with Crippen molar-refractivity contribution in [3.05, 3.63) is 64.3 Å². The van der Waals surface area contributed by atoms with Gasteiger partial charge in [-0.25, -0.2) is 4.98 Å². The SMILES string of the molecule is CN1C(=O)[C@]2(Cl)C[C@@H]3C(=CC[C@@H]4C(=O)N(N(C)c5nc(C(F)(F)F)ccc5Cl)C(=O)[C@@H]43)[C@H](c3ccccc3O)[C@]2(Cl)C1=O. The predicted octanol–water partition coefficient (Wildman–Crippen LogP) is 4.50. The Morgan fingerprint density at radius 1 is 1.02 bits per heavy atom. The molecule has 2 aliphatic heterocycles. The van der Waals surface area contributed by atoms with E-state index in [0.717, 1.165) is 16.0 Å². The van der Waals surface area contributed by atoms with E-state index in [1.807, 2.05) is 0 Å². The van der Waals surface area contributed by atoms with Crippen molar-refractivity contribution in [1.82, 2.24) is 14.9 Å². The Hall–Kier alpha value is -3.35. The number of allylic oxidation sites excluding steroid dienone is 2. The van der Waals surface area contributed by atoms with Crippen LogP contribution in [0.1, 0.15) is 30.0 Å². The van der Waals surface area contributed by atoms with Crippen LogP contribution in [0, 0.1) is 17.8 Å². The maximum absolute atomic E-state index is 14.1. The first-order valence-electron chi connectivity index (χ1n) is 13.1. The summed E-state index contributed by atoms with van der Waals surface area (Å²) in [7, 11) is 2.44. The van der Waals surface area contributed by atoms with Gasteiger partial charge in [0, 0.05) is 25.6 Å². The van der Waals surface area contributed by atoms with Gasteiger partial charge in [-0.1, -0.05) is 41.4 Å². The summed E-state index contributed by atoms with van der Waals surface area (Å²) < 4.78 is 40.2. The molecular weight excluding hydrogens is 636 g/mol. The van der Waals surface area contributed by atoms with Gasteiger partial charge in [0.05, 0.1) is 16.9 Å². The van der Waals surface area contributed by atoms with Crippen molar-refractivity contribution in [3.63, 3.8) is 0 Å². The number of halogens is 6. The lowest BCUT2D eigenvalue weighted by molar-refractivity contribution is -0.141. The van der Waals surface area contributed by atoms with Gasteiger partial charge >= 0.3 is 6.18 Å². The third-order valence-corrected chi connectivity index (χ3v) is 10.7. The first kappa shape index (κ1) is 29.7. The Balaban J connectivity index is 1.46. The number of hydrogen-bond acceptors (Lipinski definition) is 7. The van der Waals surface area contributed by atoms with Gasteiger partial charge in [0.15, 0.2) is 15.6 Å². The quantitative estimate of drug-likeness (QED) is 0.294. The fourth-order valence-corrected chi connectivity index (χ4v) is 8.25. The van der Waals surface area contributed by atoms with Gasteiger partial charge in [0.1, 0.15) is 11.4 Å². The molecule has 4 amide bonds. The average Bonchev–Trinajstić information content (AvgIpc) is 3.28. The maximum atomic E-state index is 14.1. The summed E-state index contributed by atoms with van der Waals surface area (Å²) in [4.78, 5) is 55.1. The number of rotatable bonds is 3. The van der Waals surface area contributed by atoms with Crippen molar-refractivity contribution >= 4 is 64.2 Å². The molecule has 2 aliphatic carbocycles. The van der Waals surface area contributed by atoms with E-state index < -0.39 is 74.7 Å². The summed E-state index contributed by atoms with van der Waals surface area (Å²) >= 11 is 20.3. The molecule has 0 bridgehead atoms. The monoisotopic (exact) mass is 656 g/mol. The number of nitrogens with zero attached hydrogens (tertiary/aromatic N) is 4. The molecule has 0 radical (unpaired) electrons. The molecule has 1 saturated carbocycles. The number of fused-ring (bicyclic) bond motifs is 4. The minimum Gasteiger partial charge on any atom is -0.508 e. The number of aromatic hydroxyl groups is 1. The molecule has 0 unspecified atom stereocenters. The lowest BCUT2D eigenvalue weighted by Crippen LogP contribution is -2.60. The first-order chi connectivity index (χ1) is 20.1. The number of phenolic OH excluding ortho intramolecular Hbond substituents is 1. The van der Waals surface area contributed by atoms with Crippen molar-refractivity contribution < 1.29 is 37.5 Å². The van der Waals surface area contributed by atoms with Gasteiger partial charge in [-0.15, -0.1) is 23.2 Å². The van der Waals surface area contributed by atoms with Crippen LogP contribution in [0.5, 0.6) is 5.75 Å². The minimum absolute atomic E-state index is 0.0134. The summed E-state index contributed by atoms with van der Waals surface area (Å²) in [6.07, 6.45) is -3.42. The molecule has 0 spiro atoms. The Bertz CT molecular complexity index is 1650. The molecular formula is C28H22Cl3F3N4O5. The van der Waals surface area contributed by atoms with Crippen LogP contribution in [0.2, 0.25) is 5.02 Å². The maximum Gasteiger partial charge on any atom is 0.433 e. The number of anilines is 1. The largest absolute Gasteiger partial charge is 0.508 e. The number of pyridine rings is 1. The molecule has 15 heteroatoms. The number of aromatic nitrogens is 1. The third kappa shape index (κ3) is 3.88. The number of hydrogen-bond donors (Lipinski definition) is 1. The summed E-state index contributed by atoms with van der Waals surface area (Å²) in [5.41, 5.74) is -0.613. The van der Waals surface area contributed by atoms with Crippen LogP contribution in [-0.2, 0) is 25.4 Å². The van der Waals surface area contributed by atoms with Crippen LogP contribution in [0.15, 0.2) is 48.0 Å². The summed E-state index contributed by atoms with van der Waals surface area (Å²) in [5, 5.41) is 12.2. The molecule has 1 aromatic carbocycles. The van der Waals surface area contributed by atoms with Crippen molar-refractivity contribution in [2.45, 2.75) is 34.7 Å². The normalized spacial score (nSPS) is 32.0. The summed E-state index contributed by atoms with van der Waals surface area (Å²) in [5.74, 6) is -7.85. The van der Waals surface area contributed by atoms with Crippen molar-refractivity contribution in [2.75, 3.05) is 19.1 Å². The molecule has 3 heterocycles. The molecule has 4 aliphatic rings. The summed E-state index contributed by atoms with van der Waals surface area (Å²) in [6.45, 7) is 0. The number of imide groups is 2. The van der Waals surface area contributed by atoms with Gasteiger partial charge in [-0.2, -0.15) is 18.2 Å². The van der Waals surface area contributed by atoms with E-state index in [-0.39, 0.29) is 29.2 Å². The number of carbonyl (C=O) groups is 4. The zero-order chi connectivity index (χ0) is 31.4. The highest BCUT2D eigenvalue weighted by atomic mass is 35.5. The standard InChI is InChI=1S/C28H22Cl3F3N4O5/c1-36-24(42)26(30)11-15-12(20(27(26,31)25(36)43)13-5-3-4-6-17(13)39)7-8-14-19(15)23(41)38(22(14)40)37(2)21-16(29)9-10-18(35-21)28(32,33)34/h3-7,9-10,14-15,19-20,39H,8,11H2,1-2H3/t14-,15+,19-,20+,26+,27-/m0/s1. The zero-order valence-electron chi connectivity index (χ0n) is 22.4. The number of para-hydroxylation sites is 1. The van der Waals surface area contributed by atoms with Gasteiger partial charge in [-0.05, 0) is 37.0 Å². The van der Waals surface area contributed by atoms with Crippen LogP contribution >= 0.6 is 34.8 Å². The third-order valence-electron chi connectivity index (χ3n) is 8.96. The van der Waals surface area contributed by atoms with E-state index in [1.165, 1.54) is 26.2 Å². The molecule has 1 N–H and O–H groups in total. The number of benzene rings is 1. The van der Waals surface area contributed by atoms with E-state index in [0.29, 0.717) is 16.6 Å². The molecule has 3 fully saturated rings. The van der Waals surface area contributed by atoms with E-state index in [1.54, 1.807) is 18.2 Å². The van der Waals surface area contributed by atoms with Gasteiger partial charge in [0.2, 0.25) is 0 Å². The van der Waals surface area contributed by atoms with Crippen molar-refractivity contribution in [1.29, 1.82) is 0 Å². The number of carbonyl (C=O) groups excluding carboxylic acids is 4. The number of likely N-dealkylation sites (tertiary alicyclic amines) is 1. The number of amides is 4. The Morgan fingerprint density at radius 3 is 2.35 bits per heavy atom. The minimum atomic E-state index is -4.81. The van der Waals surface area contributed by atoms with E-state index in [4.69, 9.17) is 34.8 Å². The van der Waals surface area contributed by atoms with Crippen molar-refractivity contribution in [3.8, 4) is 5.75 Å². The van der Waals surface area contributed by atoms with E-state index >= 15 is 0 Å². The second-order valence-corrected chi connectivity index (χ2v) is 12.7. The highest BCUT2D eigenvalue weighted by Gasteiger charge is 2.76. The zero-order valence-corrected chi connectivity index (χ0v) is 24.7. The van der Waals surface area contributed by atoms with E-state index in [2.05, 4.69) is 4.98 Å². The molecule has 43 heavy (non-hydrogen) atoms. The summed E-state index contributed by atoms with van der Waals surface area (Å²) in [6, 6.07) is 7.75. The second kappa shape index (κ2) is 9.57. The fourth-order valence-electron chi connectivity index (χ4n) is 7.01. The van der Waals surface area contributed by atoms with Gasteiger partial charge < -0.3 is 5.11 Å². The lowest BCUT2D eigenvalue weighted by atomic mass is 9.56. The van der Waals surface area contributed by atoms with Gasteiger partial charge in [-0.3, -0.25) is 29.1 Å². The van der Waals surface area contributed by atoms with E-state index in [9.17, 15) is 37.5 Å². The Kier molecular flexibility index (Phi) is 6.61. The number of hydrazine groups is 1. The molecule has 9 nitrogen and oxygen atoms in total. The van der Waals surface area contributed by atoms with Crippen LogP contribution in [0.4, 0.5) is 19.0 Å². The molecule has 6 atom stereocenters. The number of alkyl halides is 5. The van der Waals surface area contributed by atoms with Crippen molar-refractivity contribution in [2.24, 2.45) is 17.8 Å². The van der Waals surface area contributed by atoms with Crippen LogP contribution in [-0.4, -0.2) is 67.5 Å². The highest BCUT2D eigenvalue weighted by Crippen LogP contribution is 2.66. The molecule has 2 saturated heterocycles.